The van der Waals surface area contributed by atoms with Crippen LogP contribution in [0, 0.1) is 0 Å². The van der Waals surface area contributed by atoms with Gasteiger partial charge in [-0.1, -0.05) is 37.5 Å². The summed E-state index contributed by atoms with van der Waals surface area (Å²) in [7, 11) is -3.33. The topological polar surface area (TPSA) is 52.7 Å². The highest BCUT2D eigenvalue weighted by Gasteiger charge is 2.29. The molecule has 5 nitrogen and oxygen atoms in total. The van der Waals surface area contributed by atoms with Crippen LogP contribution in [0.2, 0.25) is 0 Å². The number of hydrogen-bond acceptors (Lipinski definition) is 3. The van der Waals surface area contributed by atoms with Gasteiger partial charge in [-0.25, -0.2) is 0 Å². The van der Waals surface area contributed by atoms with Crippen molar-refractivity contribution in [3.63, 3.8) is 0 Å². The predicted molar refractivity (Wildman–Crippen MR) is 89.2 cm³/mol. The molecule has 1 aromatic carbocycles. The maximum atomic E-state index is 12.5. The Morgan fingerprint density at radius 1 is 0.909 bits per heavy atom. The average Bonchev–Trinajstić information content (AvgIpc) is 2.56. The van der Waals surface area contributed by atoms with Gasteiger partial charge >= 0.3 is 0 Å². The Balaban J connectivity index is 1.56. The zero-order valence-electron chi connectivity index (χ0n) is 12.9. The lowest BCUT2D eigenvalue weighted by Gasteiger charge is -2.36. The van der Waals surface area contributed by atoms with Crippen molar-refractivity contribution in [2.24, 2.45) is 0 Å². The first-order valence-corrected chi connectivity index (χ1v) is 9.66. The highest BCUT2D eigenvalue weighted by Crippen LogP contribution is 2.20. The fourth-order valence-electron chi connectivity index (χ4n) is 3.33. The normalized spacial score (nSPS) is 21.9. The molecule has 122 valence electrons. The summed E-state index contributed by atoms with van der Waals surface area (Å²) in [5.74, 6) is 0. The number of rotatable bonds is 4. The minimum atomic E-state index is -3.33. The Hall–Kier alpha value is -1.11. The highest BCUT2D eigenvalue weighted by atomic mass is 32.2. The largest absolute Gasteiger partial charge is 0.369 e. The van der Waals surface area contributed by atoms with Gasteiger partial charge in [-0.2, -0.15) is 17.4 Å². The molecule has 1 heterocycles. The van der Waals surface area contributed by atoms with Crippen molar-refractivity contribution in [3.8, 4) is 0 Å². The van der Waals surface area contributed by atoms with Gasteiger partial charge in [0.1, 0.15) is 0 Å². The molecule has 3 rings (SSSR count). The number of nitrogens with one attached hydrogen (secondary N) is 1. The van der Waals surface area contributed by atoms with Crippen LogP contribution in [0.15, 0.2) is 30.3 Å². The van der Waals surface area contributed by atoms with E-state index in [1.165, 1.54) is 12.1 Å². The standard InChI is InChI=1S/C16H25N3O2S/c20-22(21,17-15-7-3-1-4-8-15)19-13-11-18(12-14-19)16-9-5-2-6-10-16/h2,5-6,9-10,15,17H,1,3-4,7-8,11-14H2. The van der Waals surface area contributed by atoms with E-state index in [-0.39, 0.29) is 6.04 Å². The van der Waals surface area contributed by atoms with E-state index in [0.29, 0.717) is 13.1 Å². The average molecular weight is 323 g/mol. The van der Waals surface area contributed by atoms with E-state index in [0.717, 1.165) is 38.8 Å². The van der Waals surface area contributed by atoms with E-state index in [4.69, 9.17) is 0 Å². The molecule has 0 aromatic heterocycles. The number of anilines is 1. The van der Waals surface area contributed by atoms with E-state index >= 15 is 0 Å². The van der Waals surface area contributed by atoms with Gasteiger partial charge in [-0.15, -0.1) is 0 Å². The second kappa shape index (κ2) is 6.98. The van der Waals surface area contributed by atoms with Crippen LogP contribution in [0.25, 0.3) is 0 Å². The summed E-state index contributed by atoms with van der Waals surface area (Å²) in [6.07, 6.45) is 5.45. The molecule has 0 radical (unpaired) electrons. The van der Waals surface area contributed by atoms with Gasteiger partial charge < -0.3 is 4.90 Å². The van der Waals surface area contributed by atoms with Crippen LogP contribution < -0.4 is 9.62 Å². The number of nitrogens with zero attached hydrogens (tertiary/aromatic N) is 2. The van der Waals surface area contributed by atoms with Crippen molar-refractivity contribution in [1.29, 1.82) is 0 Å². The van der Waals surface area contributed by atoms with Crippen molar-refractivity contribution in [3.05, 3.63) is 30.3 Å². The lowest BCUT2D eigenvalue weighted by Crippen LogP contribution is -2.53. The van der Waals surface area contributed by atoms with Crippen LogP contribution in [-0.4, -0.2) is 44.9 Å². The monoisotopic (exact) mass is 323 g/mol. The van der Waals surface area contributed by atoms with Gasteiger partial charge in [0.15, 0.2) is 0 Å². The molecule has 1 aromatic rings. The van der Waals surface area contributed by atoms with Crippen molar-refractivity contribution >= 4 is 15.9 Å². The molecule has 0 spiro atoms. The Bertz CT molecular complexity index is 562. The molecule has 1 saturated carbocycles. The molecule has 2 fully saturated rings. The summed E-state index contributed by atoms with van der Waals surface area (Å²) in [5.41, 5.74) is 1.17. The second-order valence-corrected chi connectivity index (χ2v) is 7.88. The number of benzene rings is 1. The SMILES string of the molecule is O=S(=O)(NC1CCCCC1)N1CCN(c2ccccc2)CC1. The van der Waals surface area contributed by atoms with Crippen LogP contribution in [0.1, 0.15) is 32.1 Å². The zero-order chi connectivity index (χ0) is 15.4. The fourth-order valence-corrected chi connectivity index (χ4v) is 4.78. The van der Waals surface area contributed by atoms with Gasteiger partial charge in [0.05, 0.1) is 0 Å². The summed E-state index contributed by atoms with van der Waals surface area (Å²) in [6.45, 7) is 2.60. The lowest BCUT2D eigenvalue weighted by molar-refractivity contribution is 0.357. The molecule has 0 amide bonds. The van der Waals surface area contributed by atoms with Crippen LogP contribution >= 0.6 is 0 Å². The van der Waals surface area contributed by atoms with Crippen molar-refractivity contribution in [2.45, 2.75) is 38.1 Å². The predicted octanol–water partition coefficient (Wildman–Crippen LogP) is 1.98. The minimum Gasteiger partial charge on any atom is -0.369 e. The second-order valence-electron chi connectivity index (χ2n) is 6.18. The molecule has 0 atom stereocenters. The first-order chi connectivity index (χ1) is 10.6. The Labute approximate surface area is 133 Å². The van der Waals surface area contributed by atoms with Gasteiger partial charge in [-0.05, 0) is 25.0 Å². The van der Waals surface area contributed by atoms with Crippen molar-refractivity contribution < 1.29 is 8.42 Å². The van der Waals surface area contributed by atoms with Crippen LogP contribution in [0.4, 0.5) is 5.69 Å². The molecule has 0 bridgehead atoms. The molecule has 22 heavy (non-hydrogen) atoms. The van der Waals surface area contributed by atoms with E-state index in [2.05, 4.69) is 21.8 Å². The number of piperazine rings is 1. The van der Waals surface area contributed by atoms with Crippen LogP contribution in [-0.2, 0) is 10.2 Å². The van der Waals surface area contributed by atoms with E-state index in [9.17, 15) is 8.42 Å². The molecule has 1 aliphatic carbocycles. The van der Waals surface area contributed by atoms with Gasteiger partial charge in [-0.3, -0.25) is 0 Å². The third-order valence-electron chi connectivity index (χ3n) is 4.62. The Morgan fingerprint density at radius 2 is 1.55 bits per heavy atom. The molecule has 0 unspecified atom stereocenters. The summed E-state index contributed by atoms with van der Waals surface area (Å²) >= 11 is 0. The van der Waals surface area contributed by atoms with Crippen LogP contribution in [0.5, 0.6) is 0 Å². The number of hydrogen-bond donors (Lipinski definition) is 1. The maximum absolute atomic E-state index is 12.5. The van der Waals surface area contributed by atoms with E-state index in [1.54, 1.807) is 4.31 Å². The molecule has 1 N–H and O–H groups in total. The Morgan fingerprint density at radius 3 is 2.18 bits per heavy atom. The zero-order valence-corrected chi connectivity index (χ0v) is 13.8. The highest BCUT2D eigenvalue weighted by molar-refractivity contribution is 7.87. The maximum Gasteiger partial charge on any atom is 0.279 e. The molecule has 1 aliphatic heterocycles. The summed E-state index contributed by atoms with van der Waals surface area (Å²) in [4.78, 5) is 2.24. The Kier molecular flexibility index (Phi) is 5.00. The third kappa shape index (κ3) is 3.80. The third-order valence-corrected chi connectivity index (χ3v) is 6.30. The molecular formula is C16H25N3O2S. The summed E-state index contributed by atoms with van der Waals surface area (Å²) in [6, 6.07) is 10.3. The van der Waals surface area contributed by atoms with E-state index < -0.39 is 10.2 Å². The lowest BCUT2D eigenvalue weighted by atomic mass is 9.96. The smallest absolute Gasteiger partial charge is 0.279 e. The number of para-hydroxylation sites is 1. The summed E-state index contributed by atoms with van der Waals surface area (Å²) < 4.78 is 29.5. The molecule has 1 saturated heterocycles. The van der Waals surface area contributed by atoms with Crippen LogP contribution in [0.3, 0.4) is 0 Å². The van der Waals surface area contributed by atoms with Gasteiger partial charge in [0.25, 0.3) is 10.2 Å². The molecular weight excluding hydrogens is 298 g/mol. The van der Waals surface area contributed by atoms with Crippen molar-refractivity contribution in [1.82, 2.24) is 9.03 Å². The quantitative estimate of drug-likeness (QED) is 0.922. The first kappa shape index (κ1) is 15.8. The van der Waals surface area contributed by atoms with Crippen molar-refractivity contribution in [2.75, 3.05) is 31.1 Å². The van der Waals surface area contributed by atoms with Gasteiger partial charge in [0.2, 0.25) is 0 Å². The molecule has 6 heteroatoms. The minimum absolute atomic E-state index is 0.130. The first-order valence-electron chi connectivity index (χ1n) is 8.22. The van der Waals surface area contributed by atoms with Gasteiger partial charge in [0, 0.05) is 37.9 Å². The van der Waals surface area contributed by atoms with E-state index in [1.807, 2.05) is 18.2 Å². The molecule has 2 aliphatic rings. The summed E-state index contributed by atoms with van der Waals surface area (Å²) in [5, 5.41) is 0. The fraction of sp³-hybridized carbons (Fsp3) is 0.625.